The number of carbonyl (C=O) groups excluding carboxylic acids is 1. The van der Waals surface area contributed by atoms with Gasteiger partial charge in [0, 0.05) is 16.7 Å². The summed E-state index contributed by atoms with van der Waals surface area (Å²) in [5, 5.41) is 15.6. The fraction of sp³-hybridized carbons (Fsp3) is 0.269. The van der Waals surface area contributed by atoms with Gasteiger partial charge in [0.25, 0.3) is 0 Å². The Labute approximate surface area is 189 Å². The molecule has 0 spiro atoms. The first-order valence-electron chi connectivity index (χ1n) is 10.7. The van der Waals surface area contributed by atoms with Gasteiger partial charge in [0.1, 0.15) is 11.9 Å². The average Bonchev–Trinajstić information content (AvgIpc) is 2.83. The Balaban J connectivity index is 2.02. The normalized spacial score (nSPS) is 13.5. The largest absolute Gasteiger partial charge is 0.496 e. The minimum atomic E-state index is -3.33. The van der Waals surface area contributed by atoms with Crippen molar-refractivity contribution in [1.82, 2.24) is 5.09 Å². The zero-order valence-corrected chi connectivity index (χ0v) is 19.5. The maximum atomic E-state index is 14.4. The van der Waals surface area contributed by atoms with Gasteiger partial charge >= 0.3 is 0 Å². The number of rotatable bonds is 10. The number of ether oxygens (including phenoxy) is 1. The summed E-state index contributed by atoms with van der Waals surface area (Å²) < 4.78 is 19.7. The fourth-order valence-corrected chi connectivity index (χ4v) is 6.25. The topological polar surface area (TPSA) is 75.6 Å². The van der Waals surface area contributed by atoms with Crippen LogP contribution in [0.5, 0.6) is 5.75 Å². The van der Waals surface area contributed by atoms with Crippen LogP contribution in [0.15, 0.2) is 84.9 Å². The molecule has 0 aliphatic carbocycles. The third-order valence-electron chi connectivity index (χ3n) is 5.33. The number of methoxy groups -OCH3 is 1. The van der Waals surface area contributed by atoms with E-state index in [0.717, 1.165) is 0 Å². The Morgan fingerprint density at radius 3 is 1.91 bits per heavy atom. The summed E-state index contributed by atoms with van der Waals surface area (Å²) in [5.41, 5.74) is 0.298. The number of nitrogens with one attached hydrogen (secondary N) is 1. The Kier molecular flexibility index (Phi) is 8.03. The first-order valence-corrected chi connectivity index (χ1v) is 12.4. The first kappa shape index (κ1) is 23.9. The van der Waals surface area contributed by atoms with E-state index in [0.29, 0.717) is 28.3 Å². The summed E-state index contributed by atoms with van der Waals surface area (Å²) in [6, 6.07) is 24.4. The Hall–Kier alpha value is -2.72. The van der Waals surface area contributed by atoms with E-state index in [-0.39, 0.29) is 5.92 Å². The molecule has 3 aromatic rings. The molecule has 6 heteroatoms. The zero-order chi connectivity index (χ0) is 23.1. The van der Waals surface area contributed by atoms with Crippen molar-refractivity contribution in [1.29, 1.82) is 0 Å². The van der Waals surface area contributed by atoms with E-state index < -0.39 is 25.2 Å². The minimum Gasteiger partial charge on any atom is -0.496 e. The molecule has 5 nitrogen and oxygen atoms in total. The van der Waals surface area contributed by atoms with Gasteiger partial charge in [0.2, 0.25) is 7.29 Å². The second-order valence-corrected chi connectivity index (χ2v) is 10.7. The third-order valence-corrected chi connectivity index (χ3v) is 8.08. The lowest BCUT2D eigenvalue weighted by atomic mass is 9.94. The van der Waals surface area contributed by atoms with Crippen LogP contribution in [0.25, 0.3) is 0 Å². The van der Waals surface area contributed by atoms with Gasteiger partial charge < -0.3 is 9.84 Å². The molecule has 0 saturated carbocycles. The summed E-state index contributed by atoms with van der Waals surface area (Å²) in [6.07, 6.45) is -0.930. The molecule has 0 amide bonds. The van der Waals surface area contributed by atoms with Gasteiger partial charge in [0.05, 0.1) is 12.7 Å². The number of carbonyl (C=O) groups is 1. The average molecular weight is 452 g/mol. The zero-order valence-electron chi connectivity index (χ0n) is 18.6. The van der Waals surface area contributed by atoms with Gasteiger partial charge in [-0.2, -0.15) is 0 Å². The number of Topliss-reactive ketones (excluding diaryl/α,β-unsaturated/α-hetero) is 1. The van der Waals surface area contributed by atoms with Crippen molar-refractivity contribution in [3.8, 4) is 5.75 Å². The van der Waals surface area contributed by atoms with Gasteiger partial charge in [-0.3, -0.25) is 14.4 Å². The van der Waals surface area contributed by atoms with Crippen molar-refractivity contribution < 1.29 is 19.2 Å². The minimum absolute atomic E-state index is 0.160. The van der Waals surface area contributed by atoms with Crippen molar-refractivity contribution >= 4 is 23.7 Å². The van der Waals surface area contributed by atoms with Gasteiger partial charge in [0.15, 0.2) is 5.78 Å². The highest BCUT2D eigenvalue weighted by atomic mass is 31.2. The van der Waals surface area contributed by atoms with Crippen LogP contribution < -0.4 is 20.4 Å². The number of benzene rings is 3. The summed E-state index contributed by atoms with van der Waals surface area (Å²) in [4.78, 5) is 13.2. The van der Waals surface area contributed by atoms with Gasteiger partial charge in [-0.25, -0.2) is 0 Å². The summed E-state index contributed by atoms with van der Waals surface area (Å²) in [7, 11) is -1.85. The van der Waals surface area contributed by atoms with E-state index in [1.807, 2.05) is 74.5 Å². The van der Waals surface area contributed by atoms with Crippen LogP contribution in [0.3, 0.4) is 0 Å². The molecule has 2 N–H and O–H groups in total. The van der Waals surface area contributed by atoms with Crippen LogP contribution in [0.2, 0.25) is 0 Å². The predicted molar refractivity (Wildman–Crippen MR) is 129 cm³/mol. The SMILES string of the molecule is COc1ccccc1C(=O)[C@H](O)[C@H](CC(C)C)NP(=O)(c1ccccc1)c1ccccc1. The first-order chi connectivity index (χ1) is 15.4. The lowest BCUT2D eigenvalue weighted by Crippen LogP contribution is -2.46. The Morgan fingerprint density at radius 1 is 0.906 bits per heavy atom. The maximum Gasteiger partial charge on any atom is 0.204 e. The highest BCUT2D eigenvalue weighted by molar-refractivity contribution is 7.76. The molecule has 2 atom stereocenters. The van der Waals surface area contributed by atoms with Crippen molar-refractivity contribution in [2.24, 2.45) is 5.92 Å². The molecule has 0 unspecified atom stereocenters. The van der Waals surface area contributed by atoms with Crippen LogP contribution in [0.1, 0.15) is 30.6 Å². The number of aliphatic hydroxyl groups is 1. The van der Waals surface area contributed by atoms with Gasteiger partial charge in [-0.15, -0.1) is 0 Å². The maximum absolute atomic E-state index is 14.4. The molecular formula is C26H30NO4P. The lowest BCUT2D eigenvalue weighted by molar-refractivity contribution is 0.0657. The van der Waals surface area contributed by atoms with E-state index in [1.54, 1.807) is 24.3 Å². The molecule has 0 bridgehead atoms. The van der Waals surface area contributed by atoms with Crippen LogP contribution in [-0.4, -0.2) is 30.1 Å². The van der Waals surface area contributed by atoms with Crippen molar-refractivity contribution in [2.45, 2.75) is 32.4 Å². The van der Waals surface area contributed by atoms with E-state index in [4.69, 9.17) is 4.74 Å². The van der Waals surface area contributed by atoms with Crippen LogP contribution in [-0.2, 0) is 4.57 Å². The molecule has 0 aliphatic rings. The number of ketones is 1. The third kappa shape index (κ3) is 5.36. The summed E-state index contributed by atoms with van der Waals surface area (Å²) >= 11 is 0. The lowest BCUT2D eigenvalue weighted by Gasteiger charge is -2.30. The summed E-state index contributed by atoms with van der Waals surface area (Å²) in [5.74, 6) is 0.0926. The molecule has 0 aromatic heterocycles. The van der Waals surface area contributed by atoms with E-state index in [1.165, 1.54) is 7.11 Å². The molecule has 168 valence electrons. The predicted octanol–water partition coefficient (Wildman–Crippen LogP) is 4.17. The summed E-state index contributed by atoms with van der Waals surface area (Å²) in [6.45, 7) is 4.01. The molecule has 0 saturated heterocycles. The van der Waals surface area contributed by atoms with Crippen LogP contribution in [0, 0.1) is 5.92 Å². The highest BCUT2D eigenvalue weighted by Crippen LogP contribution is 2.40. The second-order valence-electron chi connectivity index (χ2n) is 8.15. The highest BCUT2D eigenvalue weighted by Gasteiger charge is 2.36. The van der Waals surface area contributed by atoms with Crippen molar-refractivity contribution in [3.63, 3.8) is 0 Å². The molecule has 32 heavy (non-hydrogen) atoms. The molecule has 0 heterocycles. The Bertz CT molecular complexity index is 1030. The standard InChI is InChI=1S/C26H30NO4P/c1-19(2)18-23(26(29)25(28)22-16-10-11-17-24(22)31-3)27-32(30,20-12-6-4-7-13-20)21-14-8-5-9-15-21/h4-17,19,23,26,29H,18H2,1-3H3,(H,27,30)/t23-,26+/m0/s1. The number of hydrogen-bond donors (Lipinski definition) is 2. The van der Waals surface area contributed by atoms with Crippen molar-refractivity contribution in [2.75, 3.05) is 7.11 Å². The molecule has 0 fully saturated rings. The second kappa shape index (κ2) is 10.7. The molecule has 0 radical (unpaired) electrons. The van der Waals surface area contributed by atoms with Gasteiger partial charge in [-0.1, -0.05) is 62.4 Å². The van der Waals surface area contributed by atoms with E-state index in [2.05, 4.69) is 5.09 Å². The molecular weight excluding hydrogens is 421 g/mol. The van der Waals surface area contributed by atoms with E-state index >= 15 is 0 Å². The van der Waals surface area contributed by atoms with E-state index in [9.17, 15) is 14.5 Å². The fourth-order valence-electron chi connectivity index (χ4n) is 3.76. The number of para-hydroxylation sites is 1. The van der Waals surface area contributed by atoms with Crippen LogP contribution in [0.4, 0.5) is 0 Å². The number of hydrogen-bond acceptors (Lipinski definition) is 4. The van der Waals surface area contributed by atoms with Crippen LogP contribution >= 0.6 is 7.29 Å². The Morgan fingerprint density at radius 2 is 1.41 bits per heavy atom. The van der Waals surface area contributed by atoms with Gasteiger partial charge in [-0.05, 0) is 48.7 Å². The number of aliphatic hydroxyl groups excluding tert-OH is 1. The monoisotopic (exact) mass is 451 g/mol. The molecule has 0 aliphatic heterocycles. The van der Waals surface area contributed by atoms with Crippen molar-refractivity contribution in [3.05, 3.63) is 90.5 Å². The smallest absolute Gasteiger partial charge is 0.204 e. The molecule has 3 aromatic carbocycles. The molecule has 3 rings (SSSR count). The quantitative estimate of drug-likeness (QED) is 0.357.